The molecule has 9 heteroatoms. The van der Waals surface area contributed by atoms with Gasteiger partial charge in [-0.1, -0.05) is 43.2 Å². The molecule has 4 rings (SSSR count). The monoisotopic (exact) mass is 544 g/mol. The lowest BCUT2D eigenvalue weighted by Crippen LogP contribution is -2.53. The maximum absolute atomic E-state index is 11.8. The number of nitrogens with two attached hydrogens (primary N) is 1. The fraction of sp³-hybridized carbons (Fsp3) is 0.552. The Kier molecular flexibility index (Phi) is 9.73. The minimum absolute atomic E-state index is 0.254. The Hall–Kier alpha value is -2.14. The first kappa shape index (κ1) is 28.9. The van der Waals surface area contributed by atoms with Crippen molar-refractivity contribution in [1.29, 1.82) is 0 Å². The third kappa shape index (κ3) is 6.52. The van der Waals surface area contributed by atoms with Gasteiger partial charge in [0.1, 0.15) is 35.6 Å². The SMILES string of the molecule is CS[C@H]1OC(c2ccc(C)c(Cc3ccc(OCCCNC4(C(N)=O)CCCC4)cc3)c2)[C@H](O)[C@@H](O)[C@@H]1O. The normalized spacial score (nSPS) is 26.8. The summed E-state index contributed by atoms with van der Waals surface area (Å²) in [5, 5.41) is 34.4. The zero-order valence-corrected chi connectivity index (χ0v) is 23.0. The molecular weight excluding hydrogens is 504 g/mol. The van der Waals surface area contributed by atoms with E-state index in [-0.39, 0.29) is 5.91 Å². The molecule has 0 spiro atoms. The van der Waals surface area contributed by atoms with Crippen molar-refractivity contribution >= 4 is 17.7 Å². The Morgan fingerprint density at radius 2 is 1.82 bits per heavy atom. The highest BCUT2D eigenvalue weighted by Gasteiger charge is 2.44. The second kappa shape index (κ2) is 12.8. The van der Waals surface area contributed by atoms with Crippen molar-refractivity contribution < 1.29 is 29.6 Å². The van der Waals surface area contributed by atoms with Crippen molar-refractivity contribution in [3.8, 4) is 5.75 Å². The van der Waals surface area contributed by atoms with Gasteiger partial charge in [-0.25, -0.2) is 0 Å². The molecule has 0 aromatic heterocycles. The van der Waals surface area contributed by atoms with Crippen molar-refractivity contribution in [1.82, 2.24) is 5.32 Å². The molecule has 208 valence electrons. The van der Waals surface area contributed by atoms with E-state index in [2.05, 4.69) is 5.32 Å². The number of carbonyl (C=O) groups excluding carboxylic acids is 1. The highest BCUT2D eigenvalue weighted by Crippen LogP contribution is 2.36. The number of aliphatic hydroxyl groups is 3. The maximum Gasteiger partial charge on any atom is 0.237 e. The maximum atomic E-state index is 11.8. The predicted octanol–water partition coefficient (Wildman–Crippen LogP) is 2.59. The minimum atomic E-state index is -1.27. The second-order valence-corrected chi connectivity index (χ2v) is 11.4. The van der Waals surface area contributed by atoms with Gasteiger partial charge in [-0.3, -0.25) is 4.79 Å². The van der Waals surface area contributed by atoms with Crippen LogP contribution >= 0.6 is 11.8 Å². The summed E-state index contributed by atoms with van der Waals surface area (Å²) in [5.74, 6) is 0.536. The molecule has 6 N–H and O–H groups in total. The summed E-state index contributed by atoms with van der Waals surface area (Å²) in [4.78, 5) is 11.8. The van der Waals surface area contributed by atoms with Gasteiger partial charge in [-0.05, 0) is 79.8 Å². The quantitative estimate of drug-likeness (QED) is 0.273. The first-order chi connectivity index (χ1) is 18.2. The van der Waals surface area contributed by atoms with Gasteiger partial charge in [0.15, 0.2) is 0 Å². The number of aryl methyl sites for hydroxylation is 1. The van der Waals surface area contributed by atoms with E-state index in [9.17, 15) is 20.1 Å². The van der Waals surface area contributed by atoms with Crippen molar-refractivity contribution in [2.45, 2.75) is 80.8 Å². The van der Waals surface area contributed by atoms with Gasteiger partial charge in [-0.2, -0.15) is 0 Å². The lowest BCUT2D eigenvalue weighted by atomic mass is 9.91. The molecule has 1 saturated heterocycles. The summed E-state index contributed by atoms with van der Waals surface area (Å²) < 4.78 is 11.8. The topological polar surface area (TPSA) is 134 Å². The predicted molar refractivity (Wildman–Crippen MR) is 148 cm³/mol. The first-order valence-electron chi connectivity index (χ1n) is 13.3. The molecule has 1 amide bonds. The van der Waals surface area contributed by atoms with Crippen LogP contribution in [-0.4, -0.2) is 69.9 Å². The van der Waals surface area contributed by atoms with E-state index in [4.69, 9.17) is 15.2 Å². The van der Waals surface area contributed by atoms with Crippen LogP contribution in [0.2, 0.25) is 0 Å². The fourth-order valence-electron chi connectivity index (χ4n) is 5.38. The smallest absolute Gasteiger partial charge is 0.237 e. The number of hydrogen-bond donors (Lipinski definition) is 5. The highest BCUT2D eigenvalue weighted by molar-refractivity contribution is 7.99. The number of benzene rings is 2. The van der Waals surface area contributed by atoms with E-state index in [1.54, 1.807) is 6.26 Å². The number of primary amides is 1. The Morgan fingerprint density at radius 3 is 2.47 bits per heavy atom. The lowest BCUT2D eigenvalue weighted by molar-refractivity contribution is -0.200. The third-order valence-corrected chi connectivity index (χ3v) is 8.66. The van der Waals surface area contributed by atoms with E-state index in [0.29, 0.717) is 19.6 Å². The van der Waals surface area contributed by atoms with Crippen LogP contribution in [-0.2, 0) is 16.0 Å². The van der Waals surface area contributed by atoms with Gasteiger partial charge >= 0.3 is 0 Å². The van der Waals surface area contributed by atoms with E-state index < -0.39 is 35.4 Å². The number of carbonyl (C=O) groups is 1. The molecule has 1 aliphatic heterocycles. The Balaban J connectivity index is 1.31. The zero-order valence-electron chi connectivity index (χ0n) is 22.1. The van der Waals surface area contributed by atoms with E-state index in [0.717, 1.165) is 60.1 Å². The van der Waals surface area contributed by atoms with Crippen LogP contribution < -0.4 is 15.8 Å². The molecule has 1 aliphatic carbocycles. The van der Waals surface area contributed by atoms with Crippen molar-refractivity contribution in [3.05, 3.63) is 64.7 Å². The molecule has 0 bridgehead atoms. The van der Waals surface area contributed by atoms with E-state index in [1.807, 2.05) is 49.4 Å². The van der Waals surface area contributed by atoms with Crippen LogP contribution in [0.5, 0.6) is 5.75 Å². The summed E-state index contributed by atoms with van der Waals surface area (Å²) in [6.07, 6.45) is 2.61. The minimum Gasteiger partial charge on any atom is -0.494 e. The third-order valence-electron chi connectivity index (χ3n) is 7.80. The molecule has 1 saturated carbocycles. The van der Waals surface area contributed by atoms with Crippen LogP contribution in [0.15, 0.2) is 42.5 Å². The standard InChI is InChI=1S/C29H40N2O6S/c1-18-6-9-20(26-24(33)23(32)25(34)27(37-26)38-2)17-21(18)16-19-7-10-22(11-8-19)36-15-5-14-31-29(28(30)35)12-3-4-13-29/h6-11,17,23-27,31-34H,3-5,12-16H2,1-2H3,(H2,30,35)/t23-,24-,25+,26?,27-/m1/s1. The second-order valence-electron chi connectivity index (χ2n) is 10.4. The average molecular weight is 545 g/mol. The summed E-state index contributed by atoms with van der Waals surface area (Å²) in [5.41, 5.74) is 8.56. The lowest BCUT2D eigenvalue weighted by Gasteiger charge is -2.40. The first-order valence-corrected chi connectivity index (χ1v) is 14.6. The molecule has 2 aromatic carbocycles. The van der Waals surface area contributed by atoms with Crippen LogP contribution in [0.4, 0.5) is 0 Å². The van der Waals surface area contributed by atoms with Crippen LogP contribution in [0, 0.1) is 6.92 Å². The summed E-state index contributed by atoms with van der Waals surface area (Å²) in [6, 6.07) is 13.9. The summed E-state index contributed by atoms with van der Waals surface area (Å²) in [7, 11) is 0. The molecule has 2 aliphatic rings. The van der Waals surface area contributed by atoms with Crippen molar-refractivity contribution in [2.75, 3.05) is 19.4 Å². The Labute approximate surface area is 228 Å². The molecule has 38 heavy (non-hydrogen) atoms. The summed E-state index contributed by atoms with van der Waals surface area (Å²) in [6.45, 7) is 3.27. The number of nitrogens with one attached hydrogen (secondary N) is 1. The molecule has 1 unspecified atom stereocenters. The number of rotatable bonds is 11. The molecule has 8 nitrogen and oxygen atoms in total. The van der Waals surface area contributed by atoms with Gasteiger partial charge in [-0.15, -0.1) is 11.8 Å². The zero-order chi connectivity index (χ0) is 27.3. The highest BCUT2D eigenvalue weighted by atomic mass is 32.2. The van der Waals surface area contributed by atoms with Crippen molar-refractivity contribution in [2.24, 2.45) is 5.73 Å². The number of amides is 1. The molecule has 0 radical (unpaired) electrons. The number of aliphatic hydroxyl groups excluding tert-OH is 3. The van der Waals surface area contributed by atoms with Gasteiger partial charge in [0.05, 0.1) is 12.1 Å². The Morgan fingerprint density at radius 1 is 1.11 bits per heavy atom. The summed E-state index contributed by atoms with van der Waals surface area (Å²) >= 11 is 1.31. The molecule has 5 atom stereocenters. The number of ether oxygens (including phenoxy) is 2. The van der Waals surface area contributed by atoms with Crippen LogP contribution in [0.25, 0.3) is 0 Å². The van der Waals surface area contributed by atoms with E-state index >= 15 is 0 Å². The number of hydrogen-bond acceptors (Lipinski definition) is 8. The van der Waals surface area contributed by atoms with Crippen molar-refractivity contribution in [3.63, 3.8) is 0 Å². The van der Waals surface area contributed by atoms with Crippen LogP contribution in [0.1, 0.15) is 60.5 Å². The average Bonchev–Trinajstić information content (AvgIpc) is 3.40. The molecule has 2 aromatic rings. The van der Waals surface area contributed by atoms with E-state index in [1.165, 1.54) is 11.8 Å². The fourth-order valence-corrected chi connectivity index (χ4v) is 6.05. The number of thioether (sulfide) groups is 1. The van der Waals surface area contributed by atoms with Gasteiger partial charge in [0, 0.05) is 0 Å². The van der Waals surface area contributed by atoms with Crippen LogP contribution in [0.3, 0.4) is 0 Å². The largest absolute Gasteiger partial charge is 0.494 e. The van der Waals surface area contributed by atoms with Gasteiger partial charge < -0.3 is 35.8 Å². The van der Waals surface area contributed by atoms with Gasteiger partial charge in [0.2, 0.25) is 5.91 Å². The van der Waals surface area contributed by atoms with Gasteiger partial charge in [0.25, 0.3) is 0 Å². The molecule has 2 fully saturated rings. The molecular formula is C29H40N2O6S. The molecule has 1 heterocycles. The Bertz CT molecular complexity index is 1070.